The lowest BCUT2D eigenvalue weighted by molar-refractivity contribution is -0.0404. The Morgan fingerprint density at radius 2 is 2.30 bits per heavy atom. The van der Waals surface area contributed by atoms with Gasteiger partial charge in [0.2, 0.25) is 0 Å². The normalized spacial score (nSPS) is 23.4. The number of morpholine rings is 1. The Balaban J connectivity index is 1.68. The minimum Gasteiger partial charge on any atom is -0.491 e. The number of carbonyl (C=O) groups is 1. The molecule has 1 saturated heterocycles. The number of ketones is 1. The largest absolute Gasteiger partial charge is 0.491 e. The summed E-state index contributed by atoms with van der Waals surface area (Å²) in [5.41, 5.74) is 1.92. The first-order valence-electron chi connectivity index (χ1n) is 7.32. The quantitative estimate of drug-likeness (QED) is 0.845. The second-order valence-electron chi connectivity index (χ2n) is 5.63. The van der Waals surface area contributed by atoms with Crippen molar-refractivity contribution in [2.24, 2.45) is 0 Å². The summed E-state index contributed by atoms with van der Waals surface area (Å²) < 4.78 is 11.6. The van der Waals surface area contributed by atoms with E-state index in [1.165, 1.54) is 0 Å². The van der Waals surface area contributed by atoms with Gasteiger partial charge in [-0.05, 0) is 26.0 Å². The average molecular weight is 275 g/mol. The lowest BCUT2D eigenvalue weighted by atomic mass is 9.90. The Labute approximate surface area is 119 Å². The summed E-state index contributed by atoms with van der Waals surface area (Å²) in [6, 6.07) is 5.78. The van der Waals surface area contributed by atoms with Gasteiger partial charge in [0.05, 0.1) is 6.61 Å². The van der Waals surface area contributed by atoms with Crippen molar-refractivity contribution in [1.29, 1.82) is 0 Å². The van der Waals surface area contributed by atoms with E-state index in [1.807, 2.05) is 18.2 Å². The predicted octanol–water partition coefficient (Wildman–Crippen LogP) is 1.91. The summed E-state index contributed by atoms with van der Waals surface area (Å²) in [5.74, 6) is 1.10. The zero-order chi connectivity index (χ0) is 13.9. The van der Waals surface area contributed by atoms with E-state index in [0.29, 0.717) is 13.0 Å². The Morgan fingerprint density at radius 1 is 1.40 bits per heavy atom. The highest BCUT2D eigenvalue weighted by Crippen LogP contribution is 2.29. The van der Waals surface area contributed by atoms with Crippen LogP contribution < -0.4 is 4.74 Å². The maximum atomic E-state index is 11.9. The van der Waals surface area contributed by atoms with Crippen LogP contribution in [-0.2, 0) is 11.2 Å². The van der Waals surface area contributed by atoms with Crippen LogP contribution in [0.2, 0.25) is 0 Å². The van der Waals surface area contributed by atoms with E-state index in [1.54, 1.807) is 0 Å². The second kappa shape index (κ2) is 5.94. The summed E-state index contributed by atoms with van der Waals surface area (Å²) >= 11 is 0. The molecule has 1 aromatic carbocycles. The van der Waals surface area contributed by atoms with Crippen LogP contribution in [0.3, 0.4) is 0 Å². The molecule has 0 radical (unpaired) electrons. The molecule has 4 nitrogen and oxygen atoms in total. The zero-order valence-electron chi connectivity index (χ0n) is 11.9. The van der Waals surface area contributed by atoms with Crippen molar-refractivity contribution in [2.75, 3.05) is 33.4 Å². The highest BCUT2D eigenvalue weighted by atomic mass is 16.5. The van der Waals surface area contributed by atoms with E-state index >= 15 is 0 Å². The predicted molar refractivity (Wildman–Crippen MR) is 76.4 cm³/mol. The molecular formula is C16H21NO3. The van der Waals surface area contributed by atoms with Gasteiger partial charge in [0.15, 0.2) is 5.78 Å². The molecular weight excluding hydrogens is 254 g/mol. The molecule has 108 valence electrons. The SMILES string of the molecule is CN1CCOC(COc2cccc3c2CCCC3=O)C1. The zero-order valence-corrected chi connectivity index (χ0v) is 11.9. The number of nitrogens with zero attached hydrogens (tertiary/aromatic N) is 1. The molecule has 1 aromatic rings. The van der Waals surface area contributed by atoms with Crippen molar-refractivity contribution in [2.45, 2.75) is 25.4 Å². The molecule has 0 amide bonds. The van der Waals surface area contributed by atoms with Gasteiger partial charge in [0.1, 0.15) is 18.5 Å². The summed E-state index contributed by atoms with van der Waals surface area (Å²) in [5, 5.41) is 0. The number of hydrogen-bond donors (Lipinski definition) is 0. The molecule has 0 aromatic heterocycles. The molecule has 0 bridgehead atoms. The van der Waals surface area contributed by atoms with Gasteiger partial charge in [-0.3, -0.25) is 4.79 Å². The van der Waals surface area contributed by atoms with Crippen molar-refractivity contribution >= 4 is 5.78 Å². The number of likely N-dealkylation sites (N-methyl/N-ethyl adjacent to an activating group) is 1. The van der Waals surface area contributed by atoms with Crippen molar-refractivity contribution in [3.05, 3.63) is 29.3 Å². The number of rotatable bonds is 3. The summed E-state index contributed by atoms with van der Waals surface area (Å²) in [4.78, 5) is 14.2. The smallest absolute Gasteiger partial charge is 0.163 e. The van der Waals surface area contributed by atoms with Gasteiger partial charge in [0, 0.05) is 30.6 Å². The number of benzene rings is 1. The lowest BCUT2D eigenvalue weighted by Crippen LogP contribution is -2.42. The highest BCUT2D eigenvalue weighted by Gasteiger charge is 2.22. The first-order chi connectivity index (χ1) is 9.74. The van der Waals surface area contributed by atoms with Gasteiger partial charge < -0.3 is 14.4 Å². The van der Waals surface area contributed by atoms with Gasteiger partial charge >= 0.3 is 0 Å². The summed E-state index contributed by atoms with van der Waals surface area (Å²) in [6.07, 6.45) is 2.63. The van der Waals surface area contributed by atoms with Crippen LogP contribution in [-0.4, -0.2) is 50.1 Å². The van der Waals surface area contributed by atoms with Gasteiger partial charge in [-0.15, -0.1) is 0 Å². The molecule has 0 spiro atoms. The Hall–Kier alpha value is -1.39. The maximum absolute atomic E-state index is 11.9. The van der Waals surface area contributed by atoms with Crippen LogP contribution >= 0.6 is 0 Å². The highest BCUT2D eigenvalue weighted by molar-refractivity contribution is 5.99. The van der Waals surface area contributed by atoms with Gasteiger partial charge in [-0.2, -0.15) is 0 Å². The van der Waals surface area contributed by atoms with E-state index in [-0.39, 0.29) is 11.9 Å². The van der Waals surface area contributed by atoms with Crippen LogP contribution in [0.4, 0.5) is 0 Å². The van der Waals surface area contributed by atoms with Crippen molar-refractivity contribution in [3.8, 4) is 5.75 Å². The van der Waals surface area contributed by atoms with E-state index in [0.717, 1.165) is 49.4 Å². The van der Waals surface area contributed by atoms with Crippen molar-refractivity contribution in [1.82, 2.24) is 4.90 Å². The number of hydrogen-bond acceptors (Lipinski definition) is 4. The molecule has 1 aliphatic heterocycles. The molecule has 1 fully saturated rings. The van der Waals surface area contributed by atoms with Gasteiger partial charge in [-0.25, -0.2) is 0 Å². The molecule has 0 saturated carbocycles. The van der Waals surface area contributed by atoms with E-state index in [2.05, 4.69) is 11.9 Å². The monoisotopic (exact) mass is 275 g/mol. The third-order valence-electron chi connectivity index (χ3n) is 4.03. The fourth-order valence-corrected chi connectivity index (χ4v) is 2.93. The van der Waals surface area contributed by atoms with Crippen molar-refractivity contribution in [3.63, 3.8) is 0 Å². The van der Waals surface area contributed by atoms with Crippen molar-refractivity contribution < 1.29 is 14.3 Å². The number of ether oxygens (including phenoxy) is 2. The maximum Gasteiger partial charge on any atom is 0.163 e. The minimum absolute atomic E-state index is 0.115. The molecule has 0 N–H and O–H groups in total. The van der Waals surface area contributed by atoms with E-state index in [4.69, 9.17) is 9.47 Å². The molecule has 20 heavy (non-hydrogen) atoms. The fourth-order valence-electron chi connectivity index (χ4n) is 2.93. The van der Waals surface area contributed by atoms with Crippen LogP contribution in [0.15, 0.2) is 18.2 Å². The molecule has 1 atom stereocenters. The molecule has 2 aliphatic rings. The van der Waals surface area contributed by atoms with Crippen LogP contribution in [0.25, 0.3) is 0 Å². The Kier molecular flexibility index (Phi) is 4.03. The second-order valence-corrected chi connectivity index (χ2v) is 5.63. The Bertz CT molecular complexity index is 500. The number of fused-ring (bicyclic) bond motifs is 1. The van der Waals surface area contributed by atoms with Gasteiger partial charge in [0.25, 0.3) is 0 Å². The molecule has 1 heterocycles. The van der Waals surface area contributed by atoms with Crippen LogP contribution in [0.5, 0.6) is 5.75 Å². The van der Waals surface area contributed by atoms with Crippen LogP contribution in [0, 0.1) is 0 Å². The fraction of sp³-hybridized carbons (Fsp3) is 0.562. The first kappa shape index (κ1) is 13.6. The third kappa shape index (κ3) is 2.86. The minimum atomic E-state index is 0.115. The van der Waals surface area contributed by atoms with E-state index in [9.17, 15) is 4.79 Å². The summed E-state index contributed by atoms with van der Waals surface area (Å²) in [7, 11) is 2.10. The van der Waals surface area contributed by atoms with E-state index < -0.39 is 0 Å². The number of carbonyl (C=O) groups excluding carboxylic acids is 1. The molecule has 4 heteroatoms. The van der Waals surface area contributed by atoms with Crippen LogP contribution in [0.1, 0.15) is 28.8 Å². The Morgan fingerprint density at radius 3 is 3.15 bits per heavy atom. The summed E-state index contributed by atoms with van der Waals surface area (Å²) in [6.45, 7) is 3.19. The third-order valence-corrected chi connectivity index (χ3v) is 4.03. The topological polar surface area (TPSA) is 38.8 Å². The van der Waals surface area contributed by atoms with Gasteiger partial charge in [-0.1, -0.05) is 12.1 Å². The average Bonchev–Trinajstić information content (AvgIpc) is 2.46. The molecule has 1 aliphatic carbocycles. The molecule has 3 rings (SSSR count). The molecule has 1 unspecified atom stereocenters. The first-order valence-corrected chi connectivity index (χ1v) is 7.32. The lowest BCUT2D eigenvalue weighted by Gasteiger charge is -2.30. The number of Topliss-reactive ketones (excluding diaryl/α,β-unsaturated/α-hetero) is 1. The standard InChI is InChI=1S/C16H21NO3/c1-17-8-9-19-12(10-17)11-20-16-7-3-4-13-14(16)5-2-6-15(13)18/h3-4,7,12H,2,5-6,8-11H2,1H3.